The lowest BCUT2D eigenvalue weighted by atomic mass is 10.1. The van der Waals surface area contributed by atoms with Gasteiger partial charge < -0.3 is 19.6 Å². The van der Waals surface area contributed by atoms with Crippen LogP contribution in [-0.2, 0) is 4.74 Å². The van der Waals surface area contributed by atoms with Crippen LogP contribution in [0.1, 0.15) is 18.3 Å². The Bertz CT molecular complexity index is 254. The second-order valence-corrected chi connectivity index (χ2v) is 3.49. The largest absolute Gasteiger partial charge is 0.467 e. The molecule has 2 N–H and O–H groups in total. The molecule has 0 radical (unpaired) electrons. The van der Waals surface area contributed by atoms with Gasteiger partial charge in [-0.25, -0.2) is 0 Å². The van der Waals surface area contributed by atoms with Crippen molar-refractivity contribution in [3.63, 3.8) is 0 Å². The van der Waals surface area contributed by atoms with Crippen LogP contribution in [0.4, 0.5) is 0 Å². The maximum Gasteiger partial charge on any atom is 0.132 e. The first kappa shape index (κ1) is 9.71. The van der Waals surface area contributed by atoms with Crippen molar-refractivity contribution in [2.24, 2.45) is 0 Å². The Hall–Kier alpha value is -0.840. The molecule has 0 bridgehead atoms. The van der Waals surface area contributed by atoms with Crippen molar-refractivity contribution in [2.45, 2.75) is 18.6 Å². The van der Waals surface area contributed by atoms with E-state index in [4.69, 9.17) is 9.15 Å². The molecule has 14 heavy (non-hydrogen) atoms. The number of hydrogen-bond donors (Lipinski definition) is 2. The van der Waals surface area contributed by atoms with Gasteiger partial charge in [-0.1, -0.05) is 0 Å². The second kappa shape index (κ2) is 4.59. The maximum atomic E-state index is 9.77. The van der Waals surface area contributed by atoms with Crippen LogP contribution in [0.25, 0.3) is 0 Å². The Balaban J connectivity index is 1.84. The number of furan rings is 1. The van der Waals surface area contributed by atoms with Gasteiger partial charge in [0.25, 0.3) is 0 Å². The molecule has 0 saturated carbocycles. The van der Waals surface area contributed by atoms with Crippen molar-refractivity contribution >= 4 is 0 Å². The molecule has 2 rings (SSSR count). The van der Waals surface area contributed by atoms with Crippen LogP contribution >= 0.6 is 0 Å². The van der Waals surface area contributed by atoms with Crippen molar-refractivity contribution in [3.8, 4) is 0 Å². The van der Waals surface area contributed by atoms with Gasteiger partial charge in [-0.15, -0.1) is 0 Å². The lowest BCUT2D eigenvalue weighted by molar-refractivity contribution is 0.0468. The topological polar surface area (TPSA) is 54.6 Å². The van der Waals surface area contributed by atoms with Gasteiger partial charge in [0.05, 0.1) is 19.5 Å². The van der Waals surface area contributed by atoms with E-state index in [2.05, 4.69) is 5.32 Å². The van der Waals surface area contributed by atoms with Gasteiger partial charge in [-0.2, -0.15) is 0 Å². The van der Waals surface area contributed by atoms with Crippen LogP contribution in [0.15, 0.2) is 22.8 Å². The van der Waals surface area contributed by atoms with Crippen molar-refractivity contribution < 1.29 is 14.3 Å². The van der Waals surface area contributed by atoms with Gasteiger partial charge >= 0.3 is 0 Å². The molecule has 1 aromatic heterocycles. The fourth-order valence-corrected chi connectivity index (χ4v) is 1.64. The summed E-state index contributed by atoms with van der Waals surface area (Å²) in [5.74, 6) is 0.623. The highest BCUT2D eigenvalue weighted by molar-refractivity contribution is 5.02. The molecule has 1 aliphatic heterocycles. The Morgan fingerprint density at radius 1 is 1.64 bits per heavy atom. The molecule has 2 heterocycles. The molecule has 0 amide bonds. The minimum atomic E-state index is -0.538. The van der Waals surface area contributed by atoms with E-state index in [0.717, 1.165) is 13.2 Å². The smallest absolute Gasteiger partial charge is 0.132 e. The van der Waals surface area contributed by atoms with Crippen LogP contribution in [0.5, 0.6) is 0 Å². The van der Waals surface area contributed by atoms with E-state index in [1.54, 1.807) is 18.4 Å². The van der Waals surface area contributed by atoms with Gasteiger partial charge in [0, 0.05) is 12.6 Å². The molecule has 0 aliphatic carbocycles. The SMILES string of the molecule is O[C@H](C[C@@H]1COCCN1)c1ccco1. The molecular weight excluding hydrogens is 182 g/mol. The fourth-order valence-electron chi connectivity index (χ4n) is 1.64. The molecule has 2 atom stereocenters. The Morgan fingerprint density at radius 3 is 3.21 bits per heavy atom. The zero-order chi connectivity index (χ0) is 9.80. The van der Waals surface area contributed by atoms with Crippen LogP contribution in [0, 0.1) is 0 Å². The molecule has 0 aromatic carbocycles. The molecule has 1 saturated heterocycles. The third kappa shape index (κ3) is 2.35. The van der Waals surface area contributed by atoms with Crippen LogP contribution in [-0.4, -0.2) is 30.9 Å². The van der Waals surface area contributed by atoms with Gasteiger partial charge in [-0.3, -0.25) is 0 Å². The van der Waals surface area contributed by atoms with Crippen molar-refractivity contribution in [1.82, 2.24) is 5.32 Å². The number of hydrogen-bond acceptors (Lipinski definition) is 4. The zero-order valence-corrected chi connectivity index (χ0v) is 7.98. The summed E-state index contributed by atoms with van der Waals surface area (Å²) in [5, 5.41) is 13.1. The highest BCUT2D eigenvalue weighted by atomic mass is 16.5. The number of ether oxygens (including phenoxy) is 1. The summed E-state index contributed by atoms with van der Waals surface area (Å²) in [6.07, 6.45) is 1.67. The molecule has 4 heteroatoms. The maximum absolute atomic E-state index is 9.77. The quantitative estimate of drug-likeness (QED) is 0.748. The number of aliphatic hydroxyl groups excluding tert-OH is 1. The van der Waals surface area contributed by atoms with Crippen molar-refractivity contribution in [1.29, 1.82) is 0 Å². The predicted octanol–water partition coefficient (Wildman–Crippen LogP) is 0.691. The van der Waals surface area contributed by atoms with E-state index in [1.165, 1.54) is 0 Å². The summed E-state index contributed by atoms with van der Waals surface area (Å²) in [6.45, 7) is 2.28. The Kier molecular flexibility index (Phi) is 3.18. The third-order valence-electron chi connectivity index (χ3n) is 2.38. The van der Waals surface area contributed by atoms with E-state index in [9.17, 15) is 5.11 Å². The molecular formula is C10H15NO3. The van der Waals surface area contributed by atoms with Gasteiger partial charge in [0.1, 0.15) is 11.9 Å². The standard InChI is InChI=1S/C10H15NO3/c12-9(10-2-1-4-14-10)6-8-7-13-5-3-11-8/h1-2,4,8-9,11-12H,3,5-7H2/t8-,9-/m1/s1. The number of rotatable bonds is 3. The monoisotopic (exact) mass is 197 g/mol. The normalized spacial score (nSPS) is 24.8. The minimum absolute atomic E-state index is 0.226. The van der Waals surface area contributed by atoms with E-state index in [1.807, 2.05) is 0 Å². The van der Waals surface area contributed by atoms with Gasteiger partial charge in [0.15, 0.2) is 0 Å². The summed E-state index contributed by atoms with van der Waals surface area (Å²) < 4.78 is 10.4. The zero-order valence-electron chi connectivity index (χ0n) is 7.98. The highest BCUT2D eigenvalue weighted by Crippen LogP contribution is 2.19. The highest BCUT2D eigenvalue weighted by Gasteiger charge is 2.19. The number of aliphatic hydroxyl groups is 1. The molecule has 0 spiro atoms. The van der Waals surface area contributed by atoms with Crippen molar-refractivity contribution in [2.75, 3.05) is 19.8 Å². The summed E-state index contributed by atoms with van der Waals surface area (Å²) in [7, 11) is 0. The fraction of sp³-hybridized carbons (Fsp3) is 0.600. The minimum Gasteiger partial charge on any atom is -0.467 e. The molecule has 1 aliphatic rings. The molecule has 78 valence electrons. The van der Waals surface area contributed by atoms with E-state index in [-0.39, 0.29) is 6.04 Å². The number of morpholine rings is 1. The first-order valence-corrected chi connectivity index (χ1v) is 4.89. The van der Waals surface area contributed by atoms with E-state index >= 15 is 0 Å². The van der Waals surface area contributed by atoms with E-state index in [0.29, 0.717) is 18.8 Å². The van der Waals surface area contributed by atoms with Crippen LogP contribution in [0.3, 0.4) is 0 Å². The lowest BCUT2D eigenvalue weighted by Gasteiger charge is -2.25. The average molecular weight is 197 g/mol. The molecule has 0 unspecified atom stereocenters. The van der Waals surface area contributed by atoms with Gasteiger partial charge in [0.2, 0.25) is 0 Å². The number of nitrogens with one attached hydrogen (secondary N) is 1. The van der Waals surface area contributed by atoms with Crippen LogP contribution in [0.2, 0.25) is 0 Å². The first-order valence-electron chi connectivity index (χ1n) is 4.89. The van der Waals surface area contributed by atoms with Crippen molar-refractivity contribution in [3.05, 3.63) is 24.2 Å². The summed E-state index contributed by atoms with van der Waals surface area (Å²) >= 11 is 0. The predicted molar refractivity (Wildman–Crippen MR) is 50.9 cm³/mol. The Morgan fingerprint density at radius 2 is 2.57 bits per heavy atom. The summed E-state index contributed by atoms with van der Waals surface area (Å²) in [6, 6.07) is 3.79. The molecule has 1 fully saturated rings. The third-order valence-corrected chi connectivity index (χ3v) is 2.38. The molecule has 4 nitrogen and oxygen atoms in total. The van der Waals surface area contributed by atoms with Gasteiger partial charge in [-0.05, 0) is 18.6 Å². The Labute approximate surface area is 82.9 Å². The lowest BCUT2D eigenvalue weighted by Crippen LogP contribution is -2.42. The molecule has 1 aromatic rings. The second-order valence-electron chi connectivity index (χ2n) is 3.49. The van der Waals surface area contributed by atoms with E-state index < -0.39 is 6.10 Å². The first-order chi connectivity index (χ1) is 6.86. The average Bonchev–Trinajstić information content (AvgIpc) is 2.72. The summed E-state index contributed by atoms with van der Waals surface area (Å²) in [4.78, 5) is 0. The van der Waals surface area contributed by atoms with Crippen LogP contribution < -0.4 is 5.32 Å². The summed E-state index contributed by atoms with van der Waals surface area (Å²) in [5.41, 5.74) is 0.